The van der Waals surface area contributed by atoms with Gasteiger partial charge in [-0.3, -0.25) is 4.90 Å². The Morgan fingerprint density at radius 3 is 2.82 bits per heavy atom. The molecular formula is C25H26ClF2N8O3+. The number of aliphatic hydroxyl groups is 1. The minimum absolute atomic E-state index is 0.0105. The first kappa shape index (κ1) is 27.0. The molecule has 5 heterocycles. The van der Waals surface area contributed by atoms with E-state index in [4.69, 9.17) is 26.6 Å². The molecule has 204 valence electrons. The smallest absolute Gasteiger partial charge is 0.341 e. The third-order valence-electron chi connectivity index (χ3n) is 6.70. The van der Waals surface area contributed by atoms with E-state index in [9.17, 15) is 13.9 Å². The highest BCUT2D eigenvalue weighted by atomic mass is 35.5. The molecule has 3 aromatic rings. The zero-order chi connectivity index (χ0) is 27.5. The lowest BCUT2D eigenvalue weighted by Crippen LogP contribution is -2.54. The molecule has 0 aromatic carbocycles. The maximum atomic E-state index is 14.8. The number of pyridine rings is 1. The van der Waals surface area contributed by atoms with Gasteiger partial charge in [0.1, 0.15) is 36.1 Å². The van der Waals surface area contributed by atoms with E-state index in [0.29, 0.717) is 48.0 Å². The highest BCUT2D eigenvalue weighted by Gasteiger charge is 2.37. The standard InChI is InChI=1S/C25H26ClF2N8O3/c1-14(30-5-15-2-3-35(10-20(15)28)18-11-38-12-18)23(34-29)16-4-22(24-19(26)8-33-36(24)9-16)39-13-21(37)25-31-6-17(27)7-32-25/h4,6-9,15,18,20-21,29,37H,2-3,10-13H2,1H3/q+1/b23-14-,34-29?/t15?,20-,21+/m0/s1. The number of fused-ring (bicyclic) bond motifs is 1. The van der Waals surface area contributed by atoms with Crippen LogP contribution in [0.3, 0.4) is 0 Å². The van der Waals surface area contributed by atoms with E-state index in [0.717, 1.165) is 18.9 Å². The molecule has 2 aliphatic heterocycles. The summed E-state index contributed by atoms with van der Waals surface area (Å²) in [6.45, 7) is 3.73. The Labute approximate surface area is 227 Å². The summed E-state index contributed by atoms with van der Waals surface area (Å²) in [5.74, 6) is -0.860. The summed E-state index contributed by atoms with van der Waals surface area (Å²) in [6.07, 6.45) is 3.16. The SMILES string of the molecule is C/C([N+]#CC1CCN(C2COC2)C[C@@H]1F)=C(/N=N)c1cc(OC[C@@H](O)c2ncc(F)cn2)c2c(Cl)cnn2c1. The molecule has 2 fully saturated rings. The number of aliphatic hydroxyl groups excluding tert-OH is 1. The second kappa shape index (κ2) is 11.7. The summed E-state index contributed by atoms with van der Waals surface area (Å²) >= 11 is 6.31. The van der Waals surface area contributed by atoms with Gasteiger partial charge in [-0.25, -0.2) is 28.8 Å². The lowest BCUT2D eigenvalue weighted by molar-refractivity contribution is -0.0820. The molecule has 0 aliphatic carbocycles. The van der Waals surface area contributed by atoms with E-state index >= 15 is 0 Å². The fourth-order valence-electron chi connectivity index (χ4n) is 4.45. The van der Waals surface area contributed by atoms with Crippen LogP contribution in [0.4, 0.5) is 8.78 Å². The number of likely N-dealkylation sites (tertiary alicyclic amines) is 1. The molecule has 0 bridgehead atoms. The van der Waals surface area contributed by atoms with E-state index in [2.05, 4.69) is 36.0 Å². The minimum atomic E-state index is -1.25. The Balaban J connectivity index is 1.37. The number of rotatable bonds is 7. The van der Waals surface area contributed by atoms with Crippen LogP contribution in [0.1, 0.15) is 30.8 Å². The van der Waals surface area contributed by atoms with Crippen LogP contribution in [0.2, 0.25) is 5.02 Å². The number of piperidine rings is 1. The summed E-state index contributed by atoms with van der Waals surface area (Å²) in [5.41, 5.74) is 9.19. The molecule has 3 atom stereocenters. The van der Waals surface area contributed by atoms with E-state index in [1.54, 1.807) is 19.2 Å². The third kappa shape index (κ3) is 5.89. The number of ether oxygens (including phenoxy) is 2. The van der Waals surface area contributed by atoms with Crippen molar-refractivity contribution in [2.24, 2.45) is 11.0 Å². The van der Waals surface area contributed by atoms with Crippen LogP contribution in [-0.4, -0.2) is 74.7 Å². The maximum absolute atomic E-state index is 14.8. The van der Waals surface area contributed by atoms with Gasteiger partial charge in [0.05, 0.1) is 42.9 Å². The molecule has 2 N–H and O–H groups in total. The Bertz CT molecular complexity index is 1450. The van der Waals surface area contributed by atoms with Gasteiger partial charge in [-0.1, -0.05) is 11.6 Å². The van der Waals surface area contributed by atoms with E-state index < -0.39 is 24.0 Å². The lowest BCUT2D eigenvalue weighted by atomic mass is 9.95. The molecule has 1 unspecified atom stereocenters. The molecule has 0 saturated carbocycles. The van der Waals surface area contributed by atoms with Crippen LogP contribution < -0.4 is 4.74 Å². The van der Waals surface area contributed by atoms with Gasteiger partial charge in [-0.15, -0.1) is 0 Å². The molecule has 39 heavy (non-hydrogen) atoms. The third-order valence-corrected chi connectivity index (χ3v) is 6.98. The van der Waals surface area contributed by atoms with Gasteiger partial charge >= 0.3 is 5.70 Å². The van der Waals surface area contributed by atoms with Gasteiger partial charge in [0.25, 0.3) is 6.07 Å². The lowest BCUT2D eigenvalue weighted by Gasteiger charge is -2.40. The van der Waals surface area contributed by atoms with Crippen molar-refractivity contribution in [3.63, 3.8) is 0 Å². The van der Waals surface area contributed by atoms with Crippen LogP contribution in [-0.2, 0) is 4.74 Å². The normalized spacial score (nSPS) is 21.5. The van der Waals surface area contributed by atoms with Crippen LogP contribution in [0, 0.1) is 23.3 Å². The average Bonchev–Trinajstić information content (AvgIpc) is 3.27. The van der Waals surface area contributed by atoms with Gasteiger partial charge in [0, 0.05) is 31.8 Å². The van der Waals surface area contributed by atoms with Gasteiger partial charge in [0.2, 0.25) is 0 Å². The Hall–Kier alpha value is -3.57. The average molecular weight is 560 g/mol. The van der Waals surface area contributed by atoms with Crippen molar-refractivity contribution >= 4 is 22.8 Å². The summed E-state index contributed by atoms with van der Waals surface area (Å²) < 4.78 is 40.4. The fourth-order valence-corrected chi connectivity index (χ4v) is 4.68. The maximum Gasteiger partial charge on any atom is 0.341 e. The van der Waals surface area contributed by atoms with Crippen LogP contribution in [0.15, 0.2) is 41.7 Å². The first-order chi connectivity index (χ1) is 18.8. The Morgan fingerprint density at radius 1 is 1.38 bits per heavy atom. The molecule has 2 aliphatic rings. The minimum Gasteiger partial charge on any atom is -0.488 e. The molecule has 3 aromatic heterocycles. The number of allylic oxidation sites excluding steroid dienone is 1. The van der Waals surface area contributed by atoms with E-state index in [-0.39, 0.29) is 29.9 Å². The molecule has 11 nitrogen and oxygen atoms in total. The molecule has 14 heteroatoms. The number of alkyl halides is 1. The largest absolute Gasteiger partial charge is 0.488 e. The van der Waals surface area contributed by atoms with Crippen molar-refractivity contribution in [1.29, 1.82) is 5.53 Å². The Kier molecular flexibility index (Phi) is 8.08. The molecule has 0 spiro atoms. The fraction of sp³-hybridized carbons (Fsp3) is 0.440. The van der Waals surface area contributed by atoms with Crippen molar-refractivity contribution in [1.82, 2.24) is 24.5 Å². The topological polar surface area (TPSA) is 126 Å². The summed E-state index contributed by atoms with van der Waals surface area (Å²) in [6, 6.07) is 4.78. The molecule has 0 amide bonds. The zero-order valence-electron chi connectivity index (χ0n) is 21.0. The highest BCUT2D eigenvalue weighted by molar-refractivity contribution is 6.34. The van der Waals surface area contributed by atoms with Crippen molar-refractivity contribution in [3.8, 4) is 11.8 Å². The van der Waals surface area contributed by atoms with Gasteiger partial charge in [-0.05, 0) is 17.3 Å². The van der Waals surface area contributed by atoms with Crippen LogP contribution in [0.25, 0.3) is 16.1 Å². The molecule has 5 rings (SSSR count). The highest BCUT2D eigenvalue weighted by Crippen LogP contribution is 2.33. The number of halogens is 3. The van der Waals surface area contributed by atoms with Crippen molar-refractivity contribution in [3.05, 3.63) is 63.6 Å². The molecule has 0 radical (unpaired) electrons. The number of nitrogens with zero attached hydrogens (tertiary/aromatic N) is 7. The predicted molar refractivity (Wildman–Crippen MR) is 137 cm³/mol. The number of hydrogen-bond acceptors (Lipinski definition) is 9. The summed E-state index contributed by atoms with van der Waals surface area (Å²) in [7, 11) is 0. The first-order valence-corrected chi connectivity index (χ1v) is 12.7. The van der Waals surface area contributed by atoms with Gasteiger partial charge in [-0.2, -0.15) is 10.2 Å². The quantitative estimate of drug-likeness (QED) is 0.417. The van der Waals surface area contributed by atoms with Gasteiger partial charge < -0.3 is 14.6 Å². The van der Waals surface area contributed by atoms with Crippen molar-refractivity contribution in [2.75, 3.05) is 32.9 Å². The molecule has 2 saturated heterocycles. The summed E-state index contributed by atoms with van der Waals surface area (Å²) in [4.78, 5) is 14.0. The summed E-state index contributed by atoms with van der Waals surface area (Å²) in [5, 5.41) is 18.6. The van der Waals surface area contributed by atoms with Crippen LogP contribution in [0.5, 0.6) is 5.75 Å². The van der Waals surface area contributed by atoms with E-state index in [1.807, 2.05) is 0 Å². The number of nitrogens with one attached hydrogen (secondary N) is 1. The van der Waals surface area contributed by atoms with E-state index in [1.165, 1.54) is 10.7 Å². The zero-order valence-corrected chi connectivity index (χ0v) is 21.7. The predicted octanol–water partition coefficient (Wildman–Crippen LogP) is 4.14. The number of aromatic nitrogens is 4. The van der Waals surface area contributed by atoms with Gasteiger partial charge in [0.15, 0.2) is 17.3 Å². The Morgan fingerprint density at radius 2 is 2.15 bits per heavy atom. The first-order valence-electron chi connectivity index (χ1n) is 12.3. The van der Waals surface area contributed by atoms with Crippen molar-refractivity contribution < 1.29 is 23.4 Å². The number of hydrogen-bond donors (Lipinski definition) is 2. The van der Waals surface area contributed by atoms with Crippen molar-refractivity contribution in [2.45, 2.75) is 31.7 Å². The monoisotopic (exact) mass is 559 g/mol. The second-order valence-electron chi connectivity index (χ2n) is 9.35. The molecular weight excluding hydrogens is 534 g/mol. The second-order valence-corrected chi connectivity index (χ2v) is 9.76. The van der Waals surface area contributed by atoms with Crippen LogP contribution >= 0.6 is 11.6 Å².